The first-order chi connectivity index (χ1) is 11.4. The molecule has 0 aliphatic heterocycles. The normalized spacial score (nSPS) is 20.9. The minimum atomic E-state index is -0.408. The number of carbonyl (C=O) groups is 2. The topological polar surface area (TPSA) is 71.8 Å². The van der Waals surface area contributed by atoms with Crippen molar-refractivity contribution in [3.63, 3.8) is 0 Å². The highest BCUT2D eigenvalue weighted by Crippen LogP contribution is 2.23. The Balaban J connectivity index is 1.85. The van der Waals surface area contributed by atoms with E-state index in [1.807, 2.05) is 11.9 Å². The third-order valence-corrected chi connectivity index (χ3v) is 4.67. The number of methoxy groups -OCH3 is 1. The number of carbonyl (C=O) groups excluding carboxylic acids is 2. The summed E-state index contributed by atoms with van der Waals surface area (Å²) < 4.78 is 10.3. The molecule has 1 aromatic heterocycles. The third-order valence-electron chi connectivity index (χ3n) is 4.67. The number of nitrogens with zero attached hydrogens (tertiary/aromatic N) is 1. The van der Waals surface area contributed by atoms with E-state index in [2.05, 4.69) is 12.2 Å². The van der Waals surface area contributed by atoms with E-state index in [0.717, 1.165) is 6.42 Å². The number of hydrogen-bond acceptors (Lipinski definition) is 5. The van der Waals surface area contributed by atoms with Crippen molar-refractivity contribution in [3.8, 4) is 0 Å². The van der Waals surface area contributed by atoms with Gasteiger partial charge in [0.2, 0.25) is 5.91 Å². The molecule has 6 heteroatoms. The highest BCUT2D eigenvalue weighted by atomic mass is 16.5. The fourth-order valence-electron chi connectivity index (χ4n) is 3.28. The van der Waals surface area contributed by atoms with Gasteiger partial charge in [-0.2, -0.15) is 0 Å². The molecular weight excluding hydrogens is 308 g/mol. The van der Waals surface area contributed by atoms with Crippen molar-refractivity contribution >= 4 is 11.9 Å². The van der Waals surface area contributed by atoms with Crippen LogP contribution in [0.3, 0.4) is 0 Å². The van der Waals surface area contributed by atoms with Gasteiger partial charge in [0.05, 0.1) is 20.2 Å². The number of rotatable bonds is 6. The zero-order valence-electron chi connectivity index (χ0n) is 15.1. The second-order valence-corrected chi connectivity index (χ2v) is 6.78. The van der Waals surface area contributed by atoms with Gasteiger partial charge in [-0.25, -0.2) is 4.79 Å². The van der Waals surface area contributed by atoms with Gasteiger partial charge in [-0.3, -0.25) is 9.69 Å². The summed E-state index contributed by atoms with van der Waals surface area (Å²) in [4.78, 5) is 25.7. The van der Waals surface area contributed by atoms with Crippen LogP contribution < -0.4 is 5.32 Å². The molecule has 0 bridgehead atoms. The Kier molecular flexibility index (Phi) is 6.43. The maximum absolute atomic E-state index is 12.2. The summed E-state index contributed by atoms with van der Waals surface area (Å²) in [5.74, 6) is 1.35. The lowest BCUT2D eigenvalue weighted by atomic mass is 9.86. The van der Waals surface area contributed by atoms with Crippen LogP contribution in [0.25, 0.3) is 0 Å². The molecular formula is C18H28N2O4. The van der Waals surface area contributed by atoms with E-state index < -0.39 is 5.97 Å². The standard InChI is InChI=1S/C18H28N2O4/c1-12-7-5-6-8-16(12)19-17(21)11-20(3)10-14-9-15(13(2)24-14)18(22)23-4/h9,12,16H,5-8,10-11H2,1-4H3,(H,19,21). The number of hydrogen-bond donors (Lipinski definition) is 1. The van der Waals surface area contributed by atoms with Gasteiger partial charge >= 0.3 is 5.97 Å². The Labute approximate surface area is 143 Å². The van der Waals surface area contributed by atoms with Crippen molar-refractivity contribution in [2.24, 2.45) is 5.92 Å². The summed E-state index contributed by atoms with van der Waals surface area (Å²) in [7, 11) is 3.21. The van der Waals surface area contributed by atoms with E-state index >= 15 is 0 Å². The molecule has 1 aliphatic rings. The van der Waals surface area contributed by atoms with Gasteiger partial charge < -0.3 is 14.5 Å². The maximum Gasteiger partial charge on any atom is 0.341 e. The quantitative estimate of drug-likeness (QED) is 0.808. The van der Waals surface area contributed by atoms with E-state index in [-0.39, 0.29) is 11.9 Å². The van der Waals surface area contributed by atoms with Crippen molar-refractivity contribution in [2.75, 3.05) is 20.7 Å². The number of furan rings is 1. The average molecular weight is 336 g/mol. The Morgan fingerprint density at radius 3 is 2.75 bits per heavy atom. The molecule has 24 heavy (non-hydrogen) atoms. The Morgan fingerprint density at radius 2 is 2.08 bits per heavy atom. The molecule has 134 valence electrons. The number of aryl methyl sites for hydroxylation is 1. The molecule has 0 spiro atoms. The molecule has 1 amide bonds. The second kappa shape index (κ2) is 8.33. The maximum atomic E-state index is 12.2. The van der Waals surface area contributed by atoms with Crippen LogP contribution in [0.4, 0.5) is 0 Å². The van der Waals surface area contributed by atoms with Gasteiger partial charge in [0.1, 0.15) is 17.1 Å². The zero-order valence-corrected chi connectivity index (χ0v) is 15.1. The molecule has 1 aromatic rings. The van der Waals surface area contributed by atoms with E-state index in [1.165, 1.54) is 26.4 Å². The molecule has 1 fully saturated rings. The van der Waals surface area contributed by atoms with Crippen LogP contribution in [0, 0.1) is 12.8 Å². The summed E-state index contributed by atoms with van der Waals surface area (Å²) in [6, 6.07) is 1.97. The van der Waals surface area contributed by atoms with Crippen LogP contribution in [-0.4, -0.2) is 43.5 Å². The molecule has 6 nitrogen and oxygen atoms in total. The van der Waals surface area contributed by atoms with Gasteiger partial charge in [-0.05, 0) is 38.8 Å². The monoisotopic (exact) mass is 336 g/mol. The fourth-order valence-corrected chi connectivity index (χ4v) is 3.28. The van der Waals surface area contributed by atoms with Crippen molar-refractivity contribution in [1.29, 1.82) is 0 Å². The smallest absolute Gasteiger partial charge is 0.341 e. The number of amides is 1. The van der Waals surface area contributed by atoms with Gasteiger partial charge in [-0.15, -0.1) is 0 Å². The summed E-state index contributed by atoms with van der Waals surface area (Å²) in [5, 5.41) is 3.14. The third kappa shape index (κ3) is 4.84. The lowest BCUT2D eigenvalue weighted by Gasteiger charge is -2.30. The predicted molar refractivity (Wildman–Crippen MR) is 90.7 cm³/mol. The molecule has 0 saturated heterocycles. The molecule has 1 aliphatic carbocycles. The van der Waals surface area contributed by atoms with E-state index in [9.17, 15) is 9.59 Å². The highest BCUT2D eigenvalue weighted by Gasteiger charge is 2.23. The van der Waals surface area contributed by atoms with Crippen molar-refractivity contribution < 1.29 is 18.7 Å². The molecule has 1 heterocycles. The van der Waals surface area contributed by atoms with E-state index in [0.29, 0.717) is 36.1 Å². The lowest BCUT2D eigenvalue weighted by Crippen LogP contribution is -2.44. The van der Waals surface area contributed by atoms with Gasteiger partial charge in [0, 0.05) is 6.04 Å². The van der Waals surface area contributed by atoms with Gasteiger partial charge in [0.15, 0.2) is 0 Å². The fraction of sp³-hybridized carbons (Fsp3) is 0.667. The van der Waals surface area contributed by atoms with Crippen LogP contribution in [0.1, 0.15) is 54.5 Å². The van der Waals surface area contributed by atoms with E-state index in [1.54, 1.807) is 13.0 Å². The zero-order chi connectivity index (χ0) is 17.7. The number of esters is 1. The van der Waals surface area contributed by atoms with Crippen molar-refractivity contribution in [1.82, 2.24) is 10.2 Å². The SMILES string of the molecule is COC(=O)c1cc(CN(C)CC(=O)NC2CCCCC2C)oc1C. The van der Waals surface area contributed by atoms with Crippen LogP contribution in [0.2, 0.25) is 0 Å². The minimum Gasteiger partial charge on any atom is -0.465 e. The minimum absolute atomic E-state index is 0.0349. The second-order valence-electron chi connectivity index (χ2n) is 6.78. The first kappa shape index (κ1) is 18.5. The number of likely N-dealkylation sites (N-methyl/N-ethyl adjacent to an activating group) is 1. The Morgan fingerprint density at radius 1 is 1.38 bits per heavy atom. The Hall–Kier alpha value is -1.82. The first-order valence-corrected chi connectivity index (χ1v) is 8.56. The van der Waals surface area contributed by atoms with Crippen LogP contribution >= 0.6 is 0 Å². The molecule has 1 N–H and O–H groups in total. The van der Waals surface area contributed by atoms with Crippen LogP contribution in [0.5, 0.6) is 0 Å². The van der Waals surface area contributed by atoms with Crippen LogP contribution in [-0.2, 0) is 16.1 Å². The summed E-state index contributed by atoms with van der Waals surface area (Å²) >= 11 is 0. The van der Waals surface area contributed by atoms with Gasteiger partial charge in [-0.1, -0.05) is 19.8 Å². The largest absolute Gasteiger partial charge is 0.465 e. The molecule has 0 aromatic carbocycles. The molecule has 0 radical (unpaired) electrons. The predicted octanol–water partition coefficient (Wildman–Crippen LogP) is 2.50. The van der Waals surface area contributed by atoms with E-state index in [4.69, 9.17) is 9.15 Å². The molecule has 2 rings (SSSR count). The highest BCUT2D eigenvalue weighted by molar-refractivity contribution is 5.90. The summed E-state index contributed by atoms with van der Waals surface area (Å²) in [6.07, 6.45) is 4.69. The molecule has 1 saturated carbocycles. The average Bonchev–Trinajstić information content (AvgIpc) is 2.89. The van der Waals surface area contributed by atoms with Crippen LogP contribution in [0.15, 0.2) is 10.5 Å². The molecule has 2 atom stereocenters. The Bertz CT molecular complexity index is 582. The van der Waals surface area contributed by atoms with Gasteiger partial charge in [0.25, 0.3) is 0 Å². The number of ether oxygens (including phenoxy) is 1. The number of nitrogens with one attached hydrogen (secondary N) is 1. The summed E-state index contributed by atoms with van der Waals surface area (Å²) in [5.41, 5.74) is 0.432. The molecule has 2 unspecified atom stereocenters. The summed E-state index contributed by atoms with van der Waals surface area (Å²) in [6.45, 7) is 4.70. The van der Waals surface area contributed by atoms with Crippen molar-refractivity contribution in [3.05, 3.63) is 23.2 Å². The van der Waals surface area contributed by atoms with Crippen molar-refractivity contribution in [2.45, 2.75) is 52.1 Å². The lowest BCUT2D eigenvalue weighted by molar-refractivity contribution is -0.123. The first-order valence-electron chi connectivity index (χ1n) is 8.56.